The number of carbonyl (C=O) groups excluding carboxylic acids is 3. The summed E-state index contributed by atoms with van der Waals surface area (Å²) in [7, 11) is -2.20. The molecule has 10 nitrogen and oxygen atoms in total. The lowest BCUT2D eigenvalue weighted by Crippen LogP contribution is -2.61. The fourth-order valence-corrected chi connectivity index (χ4v) is 7.46. The second-order valence-electron chi connectivity index (χ2n) is 10.2. The number of β-lactam (4-membered cyclic amide) rings is 1. The van der Waals surface area contributed by atoms with E-state index in [-0.39, 0.29) is 25.3 Å². The molecule has 2 aromatic carbocycles. The highest BCUT2D eigenvalue weighted by atomic mass is 32.2. The fourth-order valence-electron chi connectivity index (χ4n) is 5.33. The smallest absolute Gasteiger partial charge is 0.245 e. The van der Waals surface area contributed by atoms with Gasteiger partial charge in [-0.25, -0.2) is 8.42 Å². The van der Waals surface area contributed by atoms with Crippen molar-refractivity contribution in [1.29, 1.82) is 0 Å². The second-order valence-corrected chi connectivity index (χ2v) is 12.9. The van der Waals surface area contributed by atoms with Crippen LogP contribution in [0.25, 0.3) is 10.9 Å². The van der Waals surface area contributed by atoms with E-state index < -0.39 is 43.9 Å². The zero-order valence-electron chi connectivity index (χ0n) is 21.4. The first-order valence-electron chi connectivity index (χ1n) is 12.3. The van der Waals surface area contributed by atoms with Crippen LogP contribution in [0.2, 0.25) is 0 Å². The maximum atomic E-state index is 13.6. The van der Waals surface area contributed by atoms with E-state index in [0.29, 0.717) is 5.75 Å². The maximum absolute atomic E-state index is 13.6. The van der Waals surface area contributed by atoms with Gasteiger partial charge in [0.25, 0.3) is 0 Å². The van der Waals surface area contributed by atoms with Crippen molar-refractivity contribution in [2.75, 3.05) is 7.11 Å². The van der Waals surface area contributed by atoms with E-state index in [9.17, 15) is 22.8 Å². The molecule has 2 aliphatic rings. The SMILES string of the molecule is COc1cccc(CNC(=O)[C@H](Cc2c[nH]c3ccccc23)NC(=O)[C@@H]2N3C(=O)C[C@H]3S(=O)(=O)C2(C)C)c1. The Bertz CT molecular complexity index is 1530. The molecule has 5 rings (SSSR count). The van der Waals surface area contributed by atoms with Crippen molar-refractivity contribution < 1.29 is 27.5 Å². The Labute approximate surface area is 220 Å². The number of rotatable bonds is 8. The van der Waals surface area contributed by atoms with Gasteiger partial charge in [0.15, 0.2) is 9.84 Å². The Morgan fingerprint density at radius 2 is 1.95 bits per heavy atom. The van der Waals surface area contributed by atoms with E-state index in [1.807, 2.05) is 36.4 Å². The van der Waals surface area contributed by atoms with Crippen LogP contribution in [0.4, 0.5) is 0 Å². The van der Waals surface area contributed by atoms with Crippen molar-refractivity contribution in [2.45, 2.75) is 55.4 Å². The standard InChI is InChI=1S/C27H30N4O6S/c1-27(2)24(31-22(32)13-23(31)38(27,35)36)26(34)30-21(12-17-15-28-20-10-5-4-9-19(17)20)25(33)29-14-16-7-6-8-18(11-16)37-3/h4-11,15,21,23-24,28H,12-14H2,1-3H3,(H,29,33)(H,30,34)/t21-,23+,24-/m0/s1. The molecule has 2 fully saturated rings. The van der Waals surface area contributed by atoms with E-state index >= 15 is 0 Å². The molecular weight excluding hydrogens is 508 g/mol. The minimum Gasteiger partial charge on any atom is -0.497 e. The van der Waals surface area contributed by atoms with Crippen LogP contribution in [0.15, 0.2) is 54.7 Å². The van der Waals surface area contributed by atoms with Crippen LogP contribution in [-0.2, 0) is 37.2 Å². The number of fused-ring (bicyclic) bond motifs is 2. The molecule has 2 saturated heterocycles. The third-order valence-electron chi connectivity index (χ3n) is 7.56. The predicted octanol–water partition coefficient (Wildman–Crippen LogP) is 1.65. The van der Waals surface area contributed by atoms with Crippen LogP contribution >= 0.6 is 0 Å². The van der Waals surface area contributed by atoms with E-state index in [1.54, 1.807) is 25.4 Å². The molecule has 0 unspecified atom stereocenters. The van der Waals surface area contributed by atoms with Gasteiger partial charge in [-0.1, -0.05) is 30.3 Å². The molecular formula is C27H30N4O6S. The number of H-pyrrole nitrogens is 1. The van der Waals surface area contributed by atoms with Gasteiger partial charge in [-0.15, -0.1) is 0 Å². The number of hydrogen-bond acceptors (Lipinski definition) is 6. The van der Waals surface area contributed by atoms with Crippen molar-refractivity contribution in [3.63, 3.8) is 0 Å². The summed E-state index contributed by atoms with van der Waals surface area (Å²) < 4.78 is 29.8. The molecule has 200 valence electrons. The highest BCUT2D eigenvalue weighted by Crippen LogP contribution is 2.45. The summed E-state index contributed by atoms with van der Waals surface area (Å²) in [5.74, 6) is -0.842. The molecule has 38 heavy (non-hydrogen) atoms. The van der Waals surface area contributed by atoms with E-state index in [0.717, 1.165) is 26.9 Å². The number of ether oxygens (including phenoxy) is 1. The predicted molar refractivity (Wildman–Crippen MR) is 141 cm³/mol. The number of aromatic amines is 1. The zero-order valence-corrected chi connectivity index (χ0v) is 22.2. The van der Waals surface area contributed by atoms with Gasteiger partial charge in [0.1, 0.15) is 23.2 Å². The fraction of sp³-hybridized carbons (Fsp3) is 0.370. The lowest BCUT2D eigenvalue weighted by atomic mass is 9.96. The van der Waals surface area contributed by atoms with Crippen molar-refractivity contribution in [3.8, 4) is 5.75 Å². The molecule has 3 atom stereocenters. The summed E-state index contributed by atoms with van der Waals surface area (Å²) >= 11 is 0. The molecule has 3 N–H and O–H groups in total. The van der Waals surface area contributed by atoms with Gasteiger partial charge in [0.2, 0.25) is 17.7 Å². The minimum atomic E-state index is -3.75. The third-order valence-corrected chi connectivity index (χ3v) is 10.4. The first-order chi connectivity index (χ1) is 18.0. The van der Waals surface area contributed by atoms with Crippen molar-refractivity contribution in [3.05, 3.63) is 65.9 Å². The number of aromatic nitrogens is 1. The molecule has 3 heterocycles. The summed E-state index contributed by atoms with van der Waals surface area (Å²) in [6.07, 6.45) is 1.82. The van der Waals surface area contributed by atoms with Gasteiger partial charge in [0, 0.05) is 30.1 Å². The largest absolute Gasteiger partial charge is 0.497 e. The van der Waals surface area contributed by atoms with Gasteiger partial charge in [-0.2, -0.15) is 0 Å². The van der Waals surface area contributed by atoms with E-state index in [4.69, 9.17) is 4.74 Å². The number of methoxy groups -OCH3 is 1. The molecule has 0 bridgehead atoms. The summed E-state index contributed by atoms with van der Waals surface area (Å²) in [5.41, 5.74) is 2.52. The number of benzene rings is 2. The summed E-state index contributed by atoms with van der Waals surface area (Å²) in [6.45, 7) is 3.11. The maximum Gasteiger partial charge on any atom is 0.245 e. The van der Waals surface area contributed by atoms with Crippen LogP contribution in [0.3, 0.4) is 0 Å². The molecule has 0 radical (unpaired) electrons. The van der Waals surface area contributed by atoms with Gasteiger partial charge in [-0.05, 0) is 43.2 Å². The van der Waals surface area contributed by atoms with Gasteiger partial charge < -0.3 is 25.3 Å². The topological polar surface area (TPSA) is 138 Å². The summed E-state index contributed by atoms with van der Waals surface area (Å²) in [4.78, 5) is 43.6. The Hall–Kier alpha value is -3.86. The number of nitrogens with one attached hydrogen (secondary N) is 3. The molecule has 0 aliphatic carbocycles. The Morgan fingerprint density at radius 1 is 1.18 bits per heavy atom. The van der Waals surface area contributed by atoms with Crippen molar-refractivity contribution in [2.24, 2.45) is 0 Å². The third kappa shape index (κ3) is 4.20. The first kappa shape index (κ1) is 25.8. The minimum absolute atomic E-state index is 0.130. The average molecular weight is 539 g/mol. The number of sulfone groups is 1. The van der Waals surface area contributed by atoms with Gasteiger partial charge in [0.05, 0.1) is 18.3 Å². The van der Waals surface area contributed by atoms with Crippen molar-refractivity contribution in [1.82, 2.24) is 20.5 Å². The van der Waals surface area contributed by atoms with Gasteiger partial charge >= 0.3 is 0 Å². The number of amides is 3. The summed E-state index contributed by atoms with van der Waals surface area (Å²) in [6, 6.07) is 12.6. The molecule has 1 aromatic heterocycles. The number of para-hydroxylation sites is 1. The normalized spacial score (nSPS) is 21.9. The monoisotopic (exact) mass is 538 g/mol. The Kier molecular flexibility index (Phi) is 6.42. The molecule has 11 heteroatoms. The first-order valence-corrected chi connectivity index (χ1v) is 13.9. The highest BCUT2D eigenvalue weighted by Gasteiger charge is 2.67. The highest BCUT2D eigenvalue weighted by molar-refractivity contribution is 7.93. The summed E-state index contributed by atoms with van der Waals surface area (Å²) in [5, 5.41) is 5.55. The molecule has 0 spiro atoms. The van der Waals surface area contributed by atoms with Crippen molar-refractivity contribution >= 4 is 38.5 Å². The van der Waals surface area contributed by atoms with Crippen LogP contribution < -0.4 is 15.4 Å². The number of nitrogens with zero attached hydrogens (tertiary/aromatic N) is 1. The van der Waals surface area contributed by atoms with Crippen LogP contribution in [-0.4, -0.2) is 65.3 Å². The zero-order chi connectivity index (χ0) is 27.2. The molecule has 0 saturated carbocycles. The lowest BCUT2D eigenvalue weighted by molar-refractivity contribution is -0.150. The van der Waals surface area contributed by atoms with Crippen LogP contribution in [0.1, 0.15) is 31.4 Å². The van der Waals surface area contributed by atoms with E-state index in [1.165, 1.54) is 13.8 Å². The number of hydrogen-bond donors (Lipinski definition) is 3. The molecule has 2 aliphatic heterocycles. The van der Waals surface area contributed by atoms with E-state index in [2.05, 4.69) is 15.6 Å². The molecule has 3 amide bonds. The number of carbonyl (C=O) groups is 3. The van der Waals surface area contributed by atoms with Crippen LogP contribution in [0.5, 0.6) is 5.75 Å². The molecule has 3 aromatic rings. The van der Waals surface area contributed by atoms with Crippen LogP contribution in [0, 0.1) is 0 Å². The Balaban J connectivity index is 1.40. The lowest BCUT2D eigenvalue weighted by Gasteiger charge is -2.37. The quantitative estimate of drug-likeness (QED) is 0.373. The second kappa shape index (κ2) is 9.46. The van der Waals surface area contributed by atoms with Gasteiger partial charge in [-0.3, -0.25) is 14.4 Å². The Morgan fingerprint density at radius 3 is 2.68 bits per heavy atom. The average Bonchev–Trinajstić information content (AvgIpc) is 3.35.